The minimum absolute atomic E-state index is 0.504. The third-order valence-electron chi connectivity index (χ3n) is 4.60. The molecule has 0 amide bonds. The summed E-state index contributed by atoms with van der Waals surface area (Å²) in [5.41, 5.74) is 1.68. The molecule has 0 N–H and O–H groups in total. The highest BCUT2D eigenvalue weighted by Crippen LogP contribution is 2.67. The van der Waals surface area contributed by atoms with Crippen molar-refractivity contribution in [1.82, 2.24) is 0 Å². The lowest BCUT2D eigenvalue weighted by molar-refractivity contribution is 0.175. The van der Waals surface area contributed by atoms with E-state index in [1.54, 1.807) is 0 Å². The Labute approximate surface area is 96.8 Å². The van der Waals surface area contributed by atoms with Gasteiger partial charge in [-0.05, 0) is 47.8 Å². The fourth-order valence-corrected chi connectivity index (χ4v) is 3.25. The SMILES string of the molecule is CCC1(C(C)(C)C)CC1CCC(C)(C)C. The molecule has 0 saturated heterocycles. The van der Waals surface area contributed by atoms with E-state index in [0.717, 1.165) is 5.92 Å². The Kier molecular flexibility index (Phi) is 3.30. The van der Waals surface area contributed by atoms with Crippen LogP contribution in [0.1, 0.15) is 74.1 Å². The second-order valence-corrected chi connectivity index (χ2v) is 7.76. The lowest BCUT2D eigenvalue weighted by Gasteiger charge is -2.32. The summed E-state index contributed by atoms with van der Waals surface area (Å²) in [5, 5.41) is 0. The molecule has 1 aliphatic carbocycles. The Morgan fingerprint density at radius 2 is 1.60 bits per heavy atom. The van der Waals surface area contributed by atoms with Crippen LogP contribution in [0.4, 0.5) is 0 Å². The molecule has 1 aliphatic rings. The van der Waals surface area contributed by atoms with Gasteiger partial charge in [0.15, 0.2) is 0 Å². The standard InChI is InChI=1S/C15H30/c1-8-15(14(5,6)7)11-12(15)9-10-13(2,3)4/h12H,8-11H2,1-7H3. The predicted molar refractivity (Wildman–Crippen MR) is 69.0 cm³/mol. The molecule has 2 unspecified atom stereocenters. The maximum atomic E-state index is 2.42. The summed E-state index contributed by atoms with van der Waals surface area (Å²) in [4.78, 5) is 0. The Bertz CT molecular complexity index is 213. The normalized spacial score (nSPS) is 31.8. The maximum Gasteiger partial charge on any atom is -0.0220 e. The van der Waals surface area contributed by atoms with Gasteiger partial charge in [0, 0.05) is 0 Å². The van der Waals surface area contributed by atoms with Crippen molar-refractivity contribution in [2.75, 3.05) is 0 Å². The van der Waals surface area contributed by atoms with Crippen LogP contribution in [0.2, 0.25) is 0 Å². The summed E-state index contributed by atoms with van der Waals surface area (Å²) >= 11 is 0. The monoisotopic (exact) mass is 210 g/mol. The second kappa shape index (κ2) is 3.79. The summed E-state index contributed by atoms with van der Waals surface area (Å²) < 4.78 is 0. The fraction of sp³-hybridized carbons (Fsp3) is 1.00. The molecule has 0 radical (unpaired) electrons. The molecular weight excluding hydrogens is 180 g/mol. The molecule has 0 aliphatic heterocycles. The first-order valence-corrected chi connectivity index (χ1v) is 6.62. The summed E-state index contributed by atoms with van der Waals surface area (Å²) in [5.74, 6) is 1.00. The molecule has 0 bridgehead atoms. The maximum absolute atomic E-state index is 2.42. The zero-order valence-corrected chi connectivity index (χ0v) is 11.9. The van der Waals surface area contributed by atoms with Gasteiger partial charge in [0.05, 0.1) is 0 Å². The molecule has 15 heavy (non-hydrogen) atoms. The molecule has 0 spiro atoms. The Balaban J connectivity index is 2.50. The van der Waals surface area contributed by atoms with Crippen LogP contribution >= 0.6 is 0 Å². The van der Waals surface area contributed by atoms with Crippen LogP contribution in [0.15, 0.2) is 0 Å². The highest BCUT2D eigenvalue weighted by molar-refractivity contribution is 5.07. The number of hydrogen-bond donors (Lipinski definition) is 0. The third-order valence-corrected chi connectivity index (χ3v) is 4.60. The van der Waals surface area contributed by atoms with Gasteiger partial charge in [-0.15, -0.1) is 0 Å². The smallest absolute Gasteiger partial charge is 0.0220 e. The number of hydrogen-bond acceptors (Lipinski definition) is 0. The first-order chi connectivity index (χ1) is 6.62. The van der Waals surface area contributed by atoms with Gasteiger partial charge in [0.25, 0.3) is 0 Å². The van der Waals surface area contributed by atoms with Gasteiger partial charge in [0.2, 0.25) is 0 Å². The molecule has 0 heterocycles. The van der Waals surface area contributed by atoms with E-state index in [0.29, 0.717) is 16.2 Å². The average Bonchev–Trinajstić information content (AvgIpc) is 2.73. The van der Waals surface area contributed by atoms with Crippen molar-refractivity contribution in [2.24, 2.45) is 22.2 Å². The first kappa shape index (κ1) is 13.1. The molecule has 2 atom stereocenters. The van der Waals surface area contributed by atoms with Crippen molar-refractivity contribution in [3.05, 3.63) is 0 Å². The van der Waals surface area contributed by atoms with Crippen molar-refractivity contribution in [1.29, 1.82) is 0 Å². The van der Waals surface area contributed by atoms with Crippen molar-refractivity contribution in [2.45, 2.75) is 74.1 Å². The molecule has 0 nitrogen and oxygen atoms in total. The Morgan fingerprint density at radius 3 is 1.87 bits per heavy atom. The largest absolute Gasteiger partial charge is 0.0648 e. The molecule has 90 valence electrons. The second-order valence-electron chi connectivity index (χ2n) is 7.76. The molecule has 0 aromatic heterocycles. The van der Waals surface area contributed by atoms with E-state index in [2.05, 4.69) is 48.5 Å². The van der Waals surface area contributed by atoms with E-state index in [-0.39, 0.29) is 0 Å². The molecule has 0 aromatic rings. The Morgan fingerprint density at radius 1 is 1.07 bits per heavy atom. The van der Waals surface area contributed by atoms with Gasteiger partial charge < -0.3 is 0 Å². The highest BCUT2D eigenvalue weighted by atomic mass is 14.6. The molecule has 1 rings (SSSR count). The van der Waals surface area contributed by atoms with E-state index >= 15 is 0 Å². The van der Waals surface area contributed by atoms with Gasteiger partial charge in [-0.25, -0.2) is 0 Å². The molecule has 1 saturated carbocycles. The van der Waals surface area contributed by atoms with Crippen molar-refractivity contribution in [3.8, 4) is 0 Å². The molecule has 0 heteroatoms. The van der Waals surface area contributed by atoms with Crippen molar-refractivity contribution < 1.29 is 0 Å². The topological polar surface area (TPSA) is 0 Å². The van der Waals surface area contributed by atoms with Crippen LogP contribution in [0, 0.1) is 22.2 Å². The molecule has 1 fully saturated rings. The minimum atomic E-state index is 0.504. The van der Waals surface area contributed by atoms with Crippen LogP contribution in [0.3, 0.4) is 0 Å². The van der Waals surface area contributed by atoms with Gasteiger partial charge in [-0.1, -0.05) is 48.5 Å². The van der Waals surface area contributed by atoms with Crippen LogP contribution in [-0.4, -0.2) is 0 Å². The zero-order valence-electron chi connectivity index (χ0n) is 11.9. The van der Waals surface area contributed by atoms with Crippen LogP contribution in [0.25, 0.3) is 0 Å². The van der Waals surface area contributed by atoms with Gasteiger partial charge in [-0.2, -0.15) is 0 Å². The van der Waals surface area contributed by atoms with Crippen LogP contribution in [-0.2, 0) is 0 Å². The molecule has 0 aromatic carbocycles. The summed E-state index contributed by atoms with van der Waals surface area (Å²) in [6.07, 6.45) is 5.67. The third kappa shape index (κ3) is 2.77. The quantitative estimate of drug-likeness (QED) is 0.595. The van der Waals surface area contributed by atoms with E-state index in [1.165, 1.54) is 25.7 Å². The summed E-state index contributed by atoms with van der Waals surface area (Å²) in [6, 6.07) is 0. The molecular formula is C15H30. The average molecular weight is 210 g/mol. The number of rotatable bonds is 3. The van der Waals surface area contributed by atoms with Crippen LogP contribution < -0.4 is 0 Å². The van der Waals surface area contributed by atoms with Gasteiger partial charge in [0.1, 0.15) is 0 Å². The lowest BCUT2D eigenvalue weighted by atomic mass is 9.73. The van der Waals surface area contributed by atoms with Crippen LogP contribution in [0.5, 0.6) is 0 Å². The van der Waals surface area contributed by atoms with E-state index in [1.807, 2.05) is 0 Å². The lowest BCUT2D eigenvalue weighted by Crippen LogP contribution is -2.23. The van der Waals surface area contributed by atoms with Gasteiger partial charge >= 0.3 is 0 Å². The zero-order chi connectivity index (χ0) is 11.9. The summed E-state index contributed by atoms with van der Waals surface area (Å²) in [7, 11) is 0. The van der Waals surface area contributed by atoms with Crippen molar-refractivity contribution >= 4 is 0 Å². The Hall–Kier alpha value is 0. The van der Waals surface area contributed by atoms with E-state index < -0.39 is 0 Å². The first-order valence-electron chi connectivity index (χ1n) is 6.62. The predicted octanol–water partition coefficient (Wildman–Crippen LogP) is 5.28. The van der Waals surface area contributed by atoms with Crippen molar-refractivity contribution in [3.63, 3.8) is 0 Å². The summed E-state index contributed by atoms with van der Waals surface area (Å²) in [6.45, 7) is 16.7. The van der Waals surface area contributed by atoms with E-state index in [9.17, 15) is 0 Å². The van der Waals surface area contributed by atoms with Gasteiger partial charge in [-0.3, -0.25) is 0 Å². The van der Waals surface area contributed by atoms with E-state index in [4.69, 9.17) is 0 Å². The minimum Gasteiger partial charge on any atom is -0.0648 e. The highest BCUT2D eigenvalue weighted by Gasteiger charge is 2.58. The fourth-order valence-electron chi connectivity index (χ4n) is 3.25.